The number of carbonyl (C=O) groups is 1. The SMILES string of the molecule is CNc1ncccc1C=O.Cl. The molecule has 0 aliphatic rings. The van der Waals surface area contributed by atoms with Crippen LogP contribution in [0.1, 0.15) is 10.4 Å². The van der Waals surface area contributed by atoms with Crippen LogP contribution in [-0.2, 0) is 0 Å². The van der Waals surface area contributed by atoms with Crippen molar-refractivity contribution in [1.29, 1.82) is 0 Å². The van der Waals surface area contributed by atoms with E-state index in [2.05, 4.69) is 10.3 Å². The molecule has 1 aromatic heterocycles. The van der Waals surface area contributed by atoms with Gasteiger partial charge in [0.2, 0.25) is 0 Å². The molecular weight excluding hydrogens is 164 g/mol. The molecule has 1 rings (SSSR count). The predicted molar refractivity (Wildman–Crippen MR) is 46.4 cm³/mol. The van der Waals surface area contributed by atoms with E-state index in [4.69, 9.17) is 0 Å². The molecule has 11 heavy (non-hydrogen) atoms. The van der Waals surface area contributed by atoms with Crippen molar-refractivity contribution in [3.8, 4) is 0 Å². The maximum absolute atomic E-state index is 10.3. The van der Waals surface area contributed by atoms with Gasteiger partial charge in [0, 0.05) is 13.2 Å². The lowest BCUT2D eigenvalue weighted by molar-refractivity contribution is 0.112. The molecule has 1 heterocycles. The zero-order valence-electron chi connectivity index (χ0n) is 6.07. The zero-order chi connectivity index (χ0) is 7.40. The van der Waals surface area contributed by atoms with Crippen LogP contribution in [0.4, 0.5) is 5.82 Å². The molecule has 0 spiro atoms. The van der Waals surface area contributed by atoms with Crippen LogP contribution < -0.4 is 5.32 Å². The fourth-order valence-electron chi connectivity index (χ4n) is 0.722. The molecule has 1 aromatic rings. The summed E-state index contributed by atoms with van der Waals surface area (Å²) in [5.74, 6) is 0.623. The van der Waals surface area contributed by atoms with Crippen LogP contribution >= 0.6 is 12.4 Å². The Morgan fingerprint density at radius 3 is 2.82 bits per heavy atom. The quantitative estimate of drug-likeness (QED) is 0.685. The lowest BCUT2D eigenvalue weighted by Gasteiger charge is -1.98. The van der Waals surface area contributed by atoms with E-state index >= 15 is 0 Å². The number of hydrogen-bond donors (Lipinski definition) is 1. The third-order valence-electron chi connectivity index (χ3n) is 1.20. The van der Waals surface area contributed by atoms with Gasteiger partial charge < -0.3 is 5.32 Å². The summed E-state index contributed by atoms with van der Waals surface area (Å²) in [6.45, 7) is 0. The standard InChI is InChI=1S/C7H8N2O.ClH/c1-8-7-6(5-10)3-2-4-9-7;/h2-5H,1H3,(H,8,9);1H. The maximum Gasteiger partial charge on any atom is 0.153 e. The first-order chi connectivity index (χ1) is 4.88. The van der Waals surface area contributed by atoms with Gasteiger partial charge in [0.05, 0.1) is 5.56 Å². The number of carbonyl (C=O) groups excluding carboxylic acids is 1. The highest BCUT2D eigenvalue weighted by atomic mass is 35.5. The molecule has 0 saturated carbocycles. The smallest absolute Gasteiger partial charge is 0.153 e. The van der Waals surface area contributed by atoms with E-state index in [9.17, 15) is 4.79 Å². The molecular formula is C7H9ClN2O. The molecule has 0 fully saturated rings. The van der Waals surface area contributed by atoms with E-state index in [1.807, 2.05) is 0 Å². The van der Waals surface area contributed by atoms with Crippen molar-refractivity contribution in [2.24, 2.45) is 0 Å². The number of aldehydes is 1. The van der Waals surface area contributed by atoms with Gasteiger partial charge in [-0.2, -0.15) is 0 Å². The molecule has 4 heteroatoms. The van der Waals surface area contributed by atoms with Gasteiger partial charge in [-0.3, -0.25) is 4.79 Å². The first-order valence-corrected chi connectivity index (χ1v) is 2.96. The van der Waals surface area contributed by atoms with Crippen molar-refractivity contribution < 1.29 is 4.79 Å². The van der Waals surface area contributed by atoms with Crippen LogP contribution in [0, 0.1) is 0 Å². The number of aromatic nitrogens is 1. The molecule has 0 unspecified atom stereocenters. The van der Waals surface area contributed by atoms with Crippen LogP contribution in [0.5, 0.6) is 0 Å². The van der Waals surface area contributed by atoms with Crippen molar-refractivity contribution >= 4 is 24.5 Å². The van der Waals surface area contributed by atoms with Gasteiger partial charge in [-0.1, -0.05) is 0 Å². The first-order valence-electron chi connectivity index (χ1n) is 2.96. The maximum atomic E-state index is 10.3. The third-order valence-corrected chi connectivity index (χ3v) is 1.20. The summed E-state index contributed by atoms with van der Waals surface area (Å²) in [6, 6.07) is 3.44. The number of nitrogens with zero attached hydrogens (tertiary/aromatic N) is 1. The topological polar surface area (TPSA) is 42.0 Å². The Morgan fingerprint density at radius 1 is 1.64 bits per heavy atom. The fraction of sp³-hybridized carbons (Fsp3) is 0.143. The molecule has 0 aliphatic carbocycles. The summed E-state index contributed by atoms with van der Waals surface area (Å²) >= 11 is 0. The van der Waals surface area contributed by atoms with Gasteiger partial charge >= 0.3 is 0 Å². The summed E-state index contributed by atoms with van der Waals surface area (Å²) < 4.78 is 0. The van der Waals surface area contributed by atoms with Crippen molar-refractivity contribution in [1.82, 2.24) is 4.98 Å². The monoisotopic (exact) mass is 172 g/mol. The Morgan fingerprint density at radius 2 is 2.36 bits per heavy atom. The number of pyridine rings is 1. The van der Waals surface area contributed by atoms with Crippen LogP contribution in [0.3, 0.4) is 0 Å². The summed E-state index contributed by atoms with van der Waals surface area (Å²) in [4.78, 5) is 14.2. The minimum absolute atomic E-state index is 0. The highest BCUT2D eigenvalue weighted by Crippen LogP contribution is 2.05. The Bertz CT molecular complexity index is 240. The highest BCUT2D eigenvalue weighted by molar-refractivity contribution is 5.85. The van der Waals surface area contributed by atoms with Gasteiger partial charge in [0.25, 0.3) is 0 Å². The average molecular weight is 173 g/mol. The Balaban J connectivity index is 0.000001000. The molecule has 0 aliphatic heterocycles. The Hall–Kier alpha value is -1.09. The molecule has 1 N–H and O–H groups in total. The second kappa shape index (κ2) is 4.68. The van der Waals surface area contributed by atoms with Gasteiger partial charge in [0.1, 0.15) is 5.82 Å². The van der Waals surface area contributed by atoms with Gasteiger partial charge in [-0.05, 0) is 12.1 Å². The number of anilines is 1. The van der Waals surface area contributed by atoms with E-state index in [1.165, 1.54) is 0 Å². The predicted octanol–water partition coefficient (Wildman–Crippen LogP) is 1.36. The minimum atomic E-state index is 0. The van der Waals surface area contributed by atoms with E-state index in [0.29, 0.717) is 11.4 Å². The summed E-state index contributed by atoms with van der Waals surface area (Å²) in [7, 11) is 1.73. The second-order valence-corrected chi connectivity index (χ2v) is 1.81. The highest BCUT2D eigenvalue weighted by Gasteiger charge is 1.96. The lowest BCUT2D eigenvalue weighted by Crippen LogP contribution is -1.96. The number of nitrogens with one attached hydrogen (secondary N) is 1. The normalized spacial score (nSPS) is 8.09. The average Bonchev–Trinajstić information content (AvgIpc) is 2.04. The van der Waals surface area contributed by atoms with Gasteiger partial charge in [0.15, 0.2) is 6.29 Å². The van der Waals surface area contributed by atoms with Crippen LogP contribution in [-0.4, -0.2) is 18.3 Å². The van der Waals surface area contributed by atoms with E-state index < -0.39 is 0 Å². The second-order valence-electron chi connectivity index (χ2n) is 1.81. The van der Waals surface area contributed by atoms with E-state index in [-0.39, 0.29) is 12.4 Å². The van der Waals surface area contributed by atoms with Crippen LogP contribution in [0.25, 0.3) is 0 Å². The Kier molecular flexibility index (Phi) is 4.22. The minimum Gasteiger partial charge on any atom is -0.373 e. The van der Waals surface area contributed by atoms with Crippen molar-refractivity contribution in [2.45, 2.75) is 0 Å². The van der Waals surface area contributed by atoms with Gasteiger partial charge in [-0.15, -0.1) is 12.4 Å². The molecule has 0 radical (unpaired) electrons. The summed E-state index contributed by atoms with van der Waals surface area (Å²) in [5.41, 5.74) is 0.588. The molecule has 0 atom stereocenters. The van der Waals surface area contributed by atoms with Crippen LogP contribution in [0.2, 0.25) is 0 Å². The largest absolute Gasteiger partial charge is 0.373 e. The first kappa shape index (κ1) is 9.91. The molecule has 3 nitrogen and oxygen atoms in total. The van der Waals surface area contributed by atoms with Crippen LogP contribution in [0.15, 0.2) is 18.3 Å². The van der Waals surface area contributed by atoms with E-state index in [0.717, 1.165) is 6.29 Å². The van der Waals surface area contributed by atoms with Gasteiger partial charge in [-0.25, -0.2) is 4.98 Å². The number of rotatable bonds is 2. The van der Waals surface area contributed by atoms with Crippen molar-refractivity contribution in [2.75, 3.05) is 12.4 Å². The summed E-state index contributed by atoms with van der Waals surface area (Å²) in [6.07, 6.45) is 2.41. The molecule has 0 aromatic carbocycles. The van der Waals surface area contributed by atoms with E-state index in [1.54, 1.807) is 25.4 Å². The van der Waals surface area contributed by atoms with Crippen molar-refractivity contribution in [3.05, 3.63) is 23.9 Å². The third kappa shape index (κ3) is 2.20. The fourth-order valence-corrected chi connectivity index (χ4v) is 0.722. The lowest BCUT2D eigenvalue weighted by atomic mass is 10.3. The number of halogens is 1. The Labute approximate surface area is 71.2 Å². The molecule has 0 bridgehead atoms. The molecule has 60 valence electrons. The number of hydrogen-bond acceptors (Lipinski definition) is 3. The zero-order valence-corrected chi connectivity index (χ0v) is 6.89. The molecule has 0 saturated heterocycles. The van der Waals surface area contributed by atoms with Crippen molar-refractivity contribution in [3.63, 3.8) is 0 Å². The summed E-state index contributed by atoms with van der Waals surface area (Å²) in [5, 5.41) is 2.80. The molecule has 0 amide bonds.